The van der Waals surface area contributed by atoms with Crippen LogP contribution in [0.5, 0.6) is 0 Å². The molecule has 2 bridgehead atoms. The molecule has 51 heavy (non-hydrogen) atoms. The fraction of sp³-hybridized carbons (Fsp3) is 0.650. The second-order valence-electron chi connectivity index (χ2n) is 16.6. The number of allylic oxidation sites excluding steroid dienone is 1. The molecule has 3 heterocycles. The summed E-state index contributed by atoms with van der Waals surface area (Å²) in [5.41, 5.74) is -1.30. The third-order valence-corrected chi connectivity index (χ3v) is 11.2. The first-order chi connectivity index (χ1) is 23.9. The number of amides is 3. The number of aliphatic hydroxyl groups is 1. The topological polar surface area (TPSA) is 125 Å². The highest BCUT2D eigenvalue weighted by molar-refractivity contribution is 9.09. The Kier molecular flexibility index (Phi) is 13.0. The molecule has 3 aliphatic heterocycles. The molecular weight excluding hydrogens is 714 g/mol. The van der Waals surface area contributed by atoms with Crippen molar-refractivity contribution in [2.24, 2.45) is 23.2 Å². The van der Waals surface area contributed by atoms with Gasteiger partial charge in [0.15, 0.2) is 0 Å². The Morgan fingerprint density at radius 3 is 2.39 bits per heavy atom. The van der Waals surface area contributed by atoms with Gasteiger partial charge < -0.3 is 29.7 Å². The van der Waals surface area contributed by atoms with Crippen LogP contribution in [-0.2, 0) is 28.7 Å². The van der Waals surface area contributed by atoms with E-state index in [-0.39, 0.29) is 54.2 Å². The average molecular weight is 773 g/mol. The lowest BCUT2D eigenvalue weighted by atomic mass is 9.70. The highest BCUT2D eigenvalue weighted by Gasteiger charge is 2.77. The number of halogens is 1. The number of rotatable bonds is 17. The number of likely N-dealkylation sites (tertiary alicyclic amines) is 1. The standard InChI is InChI=1S/C40H58BrN3O7/c1-10-12-18-30(46)50-23-29(26-16-14-13-15-17-26)42-35(47)31-32-36(48)44(27(22-45)20-25(3)4)34(40(32)21-28(41)33(31)51-40)37(49)43(19-11-2)39(8,9)24-38(5,6)7/h10-11,13-17,25,27-29,31-34,45H,1-2,12,18-24H2,3-9H3,(H,42,47)/t27-,28?,29+,31-,32+,33-,34-,40+/m1/s1. The first-order valence-electron chi connectivity index (χ1n) is 18.2. The van der Waals surface area contributed by atoms with E-state index < -0.39 is 59.1 Å². The maximum absolute atomic E-state index is 15.2. The van der Waals surface area contributed by atoms with Gasteiger partial charge in [-0.2, -0.15) is 0 Å². The maximum Gasteiger partial charge on any atom is 0.306 e. The van der Waals surface area contributed by atoms with Gasteiger partial charge in [-0.25, -0.2) is 0 Å². The fourth-order valence-corrected chi connectivity index (χ4v) is 9.75. The molecule has 3 aliphatic rings. The van der Waals surface area contributed by atoms with Gasteiger partial charge in [-0.1, -0.05) is 93.0 Å². The summed E-state index contributed by atoms with van der Waals surface area (Å²) in [6, 6.07) is 6.82. The molecule has 3 amide bonds. The highest BCUT2D eigenvalue weighted by Crippen LogP contribution is 2.61. The first-order valence-corrected chi connectivity index (χ1v) is 19.1. The van der Waals surface area contributed by atoms with Gasteiger partial charge >= 0.3 is 5.97 Å². The van der Waals surface area contributed by atoms with Crippen molar-refractivity contribution in [2.45, 2.75) is 121 Å². The van der Waals surface area contributed by atoms with Gasteiger partial charge in [0.2, 0.25) is 17.7 Å². The van der Waals surface area contributed by atoms with E-state index >= 15 is 4.79 Å². The van der Waals surface area contributed by atoms with Gasteiger partial charge in [-0.05, 0) is 56.4 Å². The molecule has 282 valence electrons. The van der Waals surface area contributed by atoms with Gasteiger partial charge in [0, 0.05) is 23.3 Å². The molecule has 11 heteroatoms. The van der Waals surface area contributed by atoms with Gasteiger partial charge in [0.1, 0.15) is 18.2 Å². The Morgan fingerprint density at radius 1 is 1.16 bits per heavy atom. The number of carbonyl (C=O) groups is 4. The van der Waals surface area contributed by atoms with Crippen LogP contribution in [0.4, 0.5) is 0 Å². The molecule has 8 atom stereocenters. The molecule has 0 aromatic heterocycles. The predicted molar refractivity (Wildman–Crippen MR) is 201 cm³/mol. The average Bonchev–Trinajstić information content (AvgIpc) is 3.65. The summed E-state index contributed by atoms with van der Waals surface area (Å²) in [5.74, 6) is -3.26. The third-order valence-electron chi connectivity index (χ3n) is 10.4. The molecule has 0 aliphatic carbocycles. The van der Waals surface area contributed by atoms with Crippen molar-refractivity contribution in [2.75, 3.05) is 19.8 Å². The minimum Gasteiger partial charge on any atom is -0.463 e. The van der Waals surface area contributed by atoms with Crippen molar-refractivity contribution in [1.29, 1.82) is 0 Å². The zero-order valence-corrected chi connectivity index (χ0v) is 33.0. The lowest BCUT2D eigenvalue weighted by Crippen LogP contribution is -2.62. The monoisotopic (exact) mass is 771 g/mol. The Bertz CT molecular complexity index is 1440. The number of fused-ring (bicyclic) bond motifs is 1. The number of benzene rings is 1. The molecule has 10 nitrogen and oxygen atoms in total. The van der Waals surface area contributed by atoms with Crippen LogP contribution in [-0.4, -0.2) is 92.5 Å². The largest absolute Gasteiger partial charge is 0.463 e. The van der Waals surface area contributed by atoms with Crippen molar-refractivity contribution in [3.8, 4) is 0 Å². The molecule has 0 radical (unpaired) electrons. The zero-order valence-electron chi connectivity index (χ0n) is 31.4. The highest BCUT2D eigenvalue weighted by atomic mass is 79.9. The second kappa shape index (κ2) is 16.3. The van der Waals surface area contributed by atoms with Gasteiger partial charge in [-0.15, -0.1) is 13.2 Å². The Labute approximate surface area is 312 Å². The van der Waals surface area contributed by atoms with Crippen molar-refractivity contribution >= 4 is 39.6 Å². The number of esters is 1. The number of nitrogens with zero attached hydrogens (tertiary/aromatic N) is 2. The lowest BCUT2D eigenvalue weighted by Gasteiger charge is -2.46. The van der Waals surface area contributed by atoms with E-state index in [1.807, 2.05) is 58.0 Å². The normalized spacial score (nSPS) is 26.8. The number of carbonyl (C=O) groups excluding carboxylic acids is 4. The van der Waals surface area contributed by atoms with Crippen molar-refractivity contribution in [1.82, 2.24) is 15.1 Å². The summed E-state index contributed by atoms with van der Waals surface area (Å²) >= 11 is 3.78. The summed E-state index contributed by atoms with van der Waals surface area (Å²) in [6.45, 7) is 21.9. The van der Waals surface area contributed by atoms with Crippen LogP contribution in [0.1, 0.15) is 92.2 Å². The fourth-order valence-electron chi connectivity index (χ4n) is 8.81. The smallest absolute Gasteiger partial charge is 0.306 e. The van der Waals surface area contributed by atoms with E-state index in [0.29, 0.717) is 25.7 Å². The number of alkyl halides is 1. The molecule has 1 spiro atoms. The Morgan fingerprint density at radius 2 is 1.82 bits per heavy atom. The van der Waals surface area contributed by atoms with Crippen molar-refractivity contribution in [3.05, 3.63) is 61.2 Å². The minimum atomic E-state index is -1.31. The Hall–Kier alpha value is -3.02. The van der Waals surface area contributed by atoms with Gasteiger partial charge in [0.05, 0.1) is 36.6 Å². The quantitative estimate of drug-likeness (QED) is 0.118. The van der Waals surface area contributed by atoms with Crippen LogP contribution < -0.4 is 5.32 Å². The van der Waals surface area contributed by atoms with E-state index in [2.05, 4.69) is 55.2 Å². The van der Waals surface area contributed by atoms with Crippen LogP contribution in [0.15, 0.2) is 55.6 Å². The number of hydrogen-bond donors (Lipinski definition) is 2. The zero-order chi connectivity index (χ0) is 37.9. The number of hydrogen-bond acceptors (Lipinski definition) is 7. The summed E-state index contributed by atoms with van der Waals surface area (Å²) in [4.78, 5) is 60.1. The van der Waals surface area contributed by atoms with E-state index in [4.69, 9.17) is 9.47 Å². The second-order valence-corrected chi connectivity index (χ2v) is 17.8. The molecule has 3 fully saturated rings. The van der Waals surface area contributed by atoms with Crippen molar-refractivity contribution in [3.63, 3.8) is 0 Å². The van der Waals surface area contributed by atoms with Crippen LogP contribution >= 0.6 is 15.9 Å². The molecule has 4 rings (SSSR count). The molecule has 2 N–H and O–H groups in total. The summed E-state index contributed by atoms with van der Waals surface area (Å²) in [5, 5.41) is 13.8. The molecule has 3 saturated heterocycles. The molecule has 1 aromatic rings. The van der Waals surface area contributed by atoms with Crippen LogP contribution in [0, 0.1) is 23.2 Å². The summed E-state index contributed by atoms with van der Waals surface area (Å²) in [7, 11) is 0. The number of ether oxygens (including phenoxy) is 2. The van der Waals surface area contributed by atoms with Crippen LogP contribution in [0.25, 0.3) is 0 Å². The maximum atomic E-state index is 15.2. The summed E-state index contributed by atoms with van der Waals surface area (Å²) < 4.78 is 12.4. The van der Waals surface area contributed by atoms with E-state index in [1.54, 1.807) is 22.0 Å². The van der Waals surface area contributed by atoms with Crippen LogP contribution in [0.3, 0.4) is 0 Å². The van der Waals surface area contributed by atoms with E-state index in [0.717, 1.165) is 5.56 Å². The summed E-state index contributed by atoms with van der Waals surface area (Å²) in [6.07, 6.45) is 4.79. The van der Waals surface area contributed by atoms with Crippen molar-refractivity contribution < 1.29 is 33.8 Å². The molecule has 0 saturated carbocycles. The Balaban J connectivity index is 1.77. The molecule has 1 aromatic carbocycles. The lowest BCUT2D eigenvalue weighted by molar-refractivity contribution is -0.156. The predicted octanol–water partition coefficient (Wildman–Crippen LogP) is 5.74. The van der Waals surface area contributed by atoms with E-state index in [1.165, 1.54) is 0 Å². The molecular formula is C40H58BrN3O7. The first kappa shape index (κ1) is 40.7. The van der Waals surface area contributed by atoms with Gasteiger partial charge in [-0.3, -0.25) is 19.2 Å². The van der Waals surface area contributed by atoms with E-state index in [9.17, 15) is 19.5 Å². The SMILES string of the molecule is C=CCCC(=O)OC[C@H](NC(=O)[C@H]1[C@@H]2O[C@@]3(CC2Br)[C@@H]1C(=O)N([C@@H](CO)CC(C)C)[C@@H]3C(=O)N(CC=C)C(C)(C)CC(C)(C)C)c1ccccc1. The van der Waals surface area contributed by atoms with Gasteiger partial charge in [0.25, 0.3) is 0 Å². The molecule has 1 unspecified atom stereocenters. The number of nitrogens with one attached hydrogen (secondary N) is 1. The number of aliphatic hydroxyl groups excluding tert-OH is 1. The minimum absolute atomic E-state index is 0.0982. The van der Waals surface area contributed by atoms with Crippen LogP contribution in [0.2, 0.25) is 0 Å². The third kappa shape index (κ3) is 8.62.